The summed E-state index contributed by atoms with van der Waals surface area (Å²) in [6, 6.07) is 6.53. The van der Waals surface area contributed by atoms with Crippen LogP contribution in [0.2, 0.25) is 0 Å². The molecule has 1 aliphatic heterocycles. The minimum atomic E-state index is -5.01. The molecule has 3 atom stereocenters. The van der Waals surface area contributed by atoms with Crippen LogP contribution in [0.25, 0.3) is 0 Å². The SMILES string of the molecule is Cc1cccc(C)c1N1C(=O)[C@@H]2[C@@H](CC=C[C@H]2c2cc(C(F)(F)F)cc(C(F)(F)F)c2)C1=O. The van der Waals surface area contributed by atoms with E-state index < -0.39 is 53.0 Å². The topological polar surface area (TPSA) is 37.4 Å². The number of carbonyl (C=O) groups is 2. The number of aryl methyl sites for hydroxylation is 2. The number of hydrogen-bond acceptors (Lipinski definition) is 2. The second-order valence-electron chi connectivity index (χ2n) is 8.41. The highest BCUT2D eigenvalue weighted by atomic mass is 19.4. The number of allylic oxidation sites excluding steroid dienone is 2. The molecule has 0 aromatic heterocycles. The first-order valence-electron chi connectivity index (χ1n) is 10.2. The van der Waals surface area contributed by atoms with E-state index in [4.69, 9.17) is 0 Å². The third kappa shape index (κ3) is 3.94. The van der Waals surface area contributed by atoms with Gasteiger partial charge in [-0.1, -0.05) is 30.4 Å². The van der Waals surface area contributed by atoms with E-state index in [9.17, 15) is 35.9 Å². The molecule has 174 valence electrons. The van der Waals surface area contributed by atoms with Gasteiger partial charge in [0.1, 0.15) is 0 Å². The highest BCUT2D eigenvalue weighted by Crippen LogP contribution is 2.47. The minimum Gasteiger partial charge on any atom is -0.274 e. The molecular weight excluding hydrogens is 448 g/mol. The van der Waals surface area contributed by atoms with Gasteiger partial charge in [-0.2, -0.15) is 26.3 Å². The van der Waals surface area contributed by atoms with Crippen molar-refractivity contribution in [2.75, 3.05) is 4.90 Å². The summed E-state index contributed by atoms with van der Waals surface area (Å²) in [5.74, 6) is -4.18. The molecule has 1 saturated heterocycles. The van der Waals surface area contributed by atoms with Gasteiger partial charge in [0.2, 0.25) is 11.8 Å². The number of rotatable bonds is 2. The molecule has 0 unspecified atom stereocenters. The lowest BCUT2D eigenvalue weighted by Crippen LogP contribution is -2.33. The van der Waals surface area contributed by atoms with Crippen molar-refractivity contribution in [3.05, 3.63) is 76.4 Å². The molecule has 0 saturated carbocycles. The van der Waals surface area contributed by atoms with Gasteiger partial charge in [0.25, 0.3) is 0 Å². The van der Waals surface area contributed by atoms with Crippen molar-refractivity contribution in [2.45, 2.75) is 38.5 Å². The lowest BCUT2D eigenvalue weighted by molar-refractivity contribution is -0.143. The number of alkyl halides is 6. The molecule has 2 aliphatic rings. The number of hydrogen-bond donors (Lipinski definition) is 0. The second-order valence-corrected chi connectivity index (χ2v) is 8.41. The standard InChI is InChI=1S/C24H19F6NO2/c1-12-5-3-6-13(2)20(12)31-21(32)18-8-4-7-17(19(18)22(31)33)14-9-15(23(25,26)27)11-16(10-14)24(28,29)30/h3-7,9-11,17-19H,8H2,1-2H3/t17-,18+,19-/m0/s1. The van der Waals surface area contributed by atoms with Crippen molar-refractivity contribution in [1.82, 2.24) is 0 Å². The van der Waals surface area contributed by atoms with Crippen LogP contribution in [0, 0.1) is 25.7 Å². The van der Waals surface area contributed by atoms with E-state index in [1.54, 1.807) is 38.1 Å². The molecular formula is C24H19F6NO2. The zero-order valence-electron chi connectivity index (χ0n) is 17.6. The van der Waals surface area contributed by atoms with Gasteiger partial charge in [-0.05, 0) is 55.2 Å². The van der Waals surface area contributed by atoms with Crippen molar-refractivity contribution < 1.29 is 35.9 Å². The monoisotopic (exact) mass is 467 g/mol. The van der Waals surface area contributed by atoms with E-state index in [1.807, 2.05) is 0 Å². The highest BCUT2D eigenvalue weighted by molar-refractivity contribution is 6.23. The summed E-state index contributed by atoms with van der Waals surface area (Å²) in [5, 5.41) is 0. The Morgan fingerprint density at radius 3 is 1.91 bits per heavy atom. The molecule has 9 heteroatoms. The molecule has 1 aliphatic carbocycles. The highest BCUT2D eigenvalue weighted by Gasteiger charge is 2.53. The Balaban J connectivity index is 1.83. The van der Waals surface area contributed by atoms with Gasteiger partial charge in [0.05, 0.1) is 28.7 Å². The third-order valence-corrected chi connectivity index (χ3v) is 6.25. The third-order valence-electron chi connectivity index (χ3n) is 6.25. The van der Waals surface area contributed by atoms with E-state index in [0.717, 1.165) is 4.90 Å². The van der Waals surface area contributed by atoms with Crippen molar-refractivity contribution in [1.29, 1.82) is 0 Å². The summed E-state index contributed by atoms with van der Waals surface area (Å²) in [6.07, 6.45) is -6.87. The fraction of sp³-hybridized carbons (Fsp3) is 0.333. The van der Waals surface area contributed by atoms with E-state index in [0.29, 0.717) is 28.9 Å². The Morgan fingerprint density at radius 2 is 1.39 bits per heavy atom. The molecule has 0 spiro atoms. The van der Waals surface area contributed by atoms with E-state index in [2.05, 4.69) is 0 Å². The van der Waals surface area contributed by atoms with Crippen molar-refractivity contribution in [2.24, 2.45) is 11.8 Å². The number of amides is 2. The first-order valence-corrected chi connectivity index (χ1v) is 10.2. The molecule has 4 rings (SSSR count). The van der Waals surface area contributed by atoms with Gasteiger partial charge < -0.3 is 0 Å². The minimum absolute atomic E-state index is 0.0537. The predicted octanol–water partition coefficient (Wildman–Crippen LogP) is 6.19. The average Bonchev–Trinajstić information content (AvgIpc) is 2.97. The summed E-state index contributed by atoms with van der Waals surface area (Å²) >= 11 is 0. The van der Waals surface area contributed by atoms with Crippen LogP contribution in [0.3, 0.4) is 0 Å². The van der Waals surface area contributed by atoms with Crippen LogP contribution in [0.5, 0.6) is 0 Å². The lowest BCUT2D eigenvalue weighted by Gasteiger charge is -2.28. The number of halogens is 6. The summed E-state index contributed by atoms with van der Waals surface area (Å²) in [6.45, 7) is 3.45. The number of imide groups is 1. The van der Waals surface area contributed by atoms with Gasteiger partial charge in [-0.3, -0.25) is 9.59 Å². The van der Waals surface area contributed by atoms with Crippen molar-refractivity contribution >= 4 is 17.5 Å². The van der Waals surface area contributed by atoms with Crippen LogP contribution in [0.15, 0.2) is 48.6 Å². The largest absolute Gasteiger partial charge is 0.416 e. The number of nitrogens with zero attached hydrogens (tertiary/aromatic N) is 1. The Hall–Kier alpha value is -3.10. The van der Waals surface area contributed by atoms with Crippen LogP contribution in [-0.2, 0) is 21.9 Å². The summed E-state index contributed by atoms with van der Waals surface area (Å²) in [5.41, 5.74) is -1.47. The van der Waals surface area contributed by atoms with Gasteiger partial charge in [0.15, 0.2) is 0 Å². The second kappa shape index (κ2) is 7.74. The van der Waals surface area contributed by atoms with Gasteiger partial charge in [-0.15, -0.1) is 0 Å². The molecule has 0 radical (unpaired) electrons. The fourth-order valence-electron chi connectivity index (χ4n) is 4.76. The van der Waals surface area contributed by atoms with Crippen LogP contribution in [0.4, 0.5) is 32.0 Å². The maximum Gasteiger partial charge on any atom is 0.416 e. The summed E-state index contributed by atoms with van der Waals surface area (Å²) in [7, 11) is 0. The first kappa shape index (κ1) is 23.1. The average molecular weight is 467 g/mol. The fourth-order valence-corrected chi connectivity index (χ4v) is 4.76. The summed E-state index contributed by atoms with van der Waals surface area (Å²) in [4.78, 5) is 27.7. The number of carbonyl (C=O) groups excluding carboxylic acids is 2. The van der Waals surface area contributed by atoms with Crippen LogP contribution >= 0.6 is 0 Å². The maximum atomic E-state index is 13.4. The molecule has 1 fully saturated rings. The summed E-state index contributed by atoms with van der Waals surface area (Å²) < 4.78 is 80.2. The van der Waals surface area contributed by atoms with E-state index >= 15 is 0 Å². The normalized spacial score (nSPS) is 23.3. The molecule has 0 bridgehead atoms. The quantitative estimate of drug-likeness (QED) is 0.300. The number of benzene rings is 2. The molecule has 2 amide bonds. The number of para-hydroxylation sites is 1. The molecule has 1 heterocycles. The maximum absolute atomic E-state index is 13.4. The molecule has 33 heavy (non-hydrogen) atoms. The predicted molar refractivity (Wildman–Crippen MR) is 108 cm³/mol. The van der Waals surface area contributed by atoms with Gasteiger partial charge >= 0.3 is 12.4 Å². The van der Waals surface area contributed by atoms with Gasteiger partial charge in [0, 0.05) is 5.92 Å². The van der Waals surface area contributed by atoms with Crippen LogP contribution < -0.4 is 4.90 Å². The number of fused-ring (bicyclic) bond motifs is 1. The van der Waals surface area contributed by atoms with E-state index in [-0.39, 0.29) is 18.1 Å². The molecule has 2 aromatic rings. The molecule has 3 nitrogen and oxygen atoms in total. The van der Waals surface area contributed by atoms with Crippen LogP contribution in [0.1, 0.15) is 40.2 Å². The molecule has 0 N–H and O–H groups in total. The smallest absolute Gasteiger partial charge is 0.274 e. The number of anilines is 1. The Morgan fingerprint density at radius 1 is 0.848 bits per heavy atom. The zero-order valence-corrected chi connectivity index (χ0v) is 17.6. The van der Waals surface area contributed by atoms with Crippen molar-refractivity contribution in [3.63, 3.8) is 0 Å². The van der Waals surface area contributed by atoms with E-state index in [1.165, 1.54) is 6.08 Å². The van der Waals surface area contributed by atoms with Gasteiger partial charge in [-0.25, -0.2) is 4.90 Å². The first-order chi connectivity index (χ1) is 15.3. The Bertz CT molecular complexity index is 1110. The van der Waals surface area contributed by atoms with Crippen LogP contribution in [-0.4, -0.2) is 11.8 Å². The van der Waals surface area contributed by atoms with Crippen molar-refractivity contribution in [3.8, 4) is 0 Å². The lowest BCUT2D eigenvalue weighted by atomic mass is 9.74. The molecule has 2 aromatic carbocycles. The zero-order chi connectivity index (χ0) is 24.3. The Kier molecular flexibility index (Phi) is 5.41. The Labute approximate surface area is 185 Å².